The van der Waals surface area contributed by atoms with Gasteiger partial charge in [-0.25, -0.2) is 0 Å². The van der Waals surface area contributed by atoms with E-state index in [2.05, 4.69) is 15.9 Å². The number of rotatable bonds is 4. The first-order valence-corrected chi connectivity index (χ1v) is 6.61. The molecular formula is C13H15BrO5. The number of benzene rings is 1. The minimum absolute atomic E-state index is 0.161. The Balaban J connectivity index is 2.34. The number of halogens is 1. The number of hydrogen-bond donors (Lipinski definition) is 0. The molecule has 1 aliphatic heterocycles. The predicted octanol–water partition coefficient (Wildman–Crippen LogP) is 2.06. The summed E-state index contributed by atoms with van der Waals surface area (Å²) in [5.74, 6) is 0.901. The lowest BCUT2D eigenvalue weighted by atomic mass is 10.0. The van der Waals surface area contributed by atoms with Crippen molar-refractivity contribution in [1.82, 2.24) is 0 Å². The number of ether oxygens (including phenoxy) is 4. The van der Waals surface area contributed by atoms with Gasteiger partial charge >= 0.3 is 0 Å². The van der Waals surface area contributed by atoms with Crippen LogP contribution in [0.4, 0.5) is 0 Å². The summed E-state index contributed by atoms with van der Waals surface area (Å²) < 4.78 is 21.7. The Morgan fingerprint density at radius 2 is 2.11 bits per heavy atom. The molecule has 1 atom stereocenters. The molecule has 1 heterocycles. The highest BCUT2D eigenvalue weighted by Gasteiger charge is 2.28. The van der Waals surface area contributed by atoms with Gasteiger partial charge < -0.3 is 18.9 Å². The first-order chi connectivity index (χ1) is 9.17. The molecule has 1 unspecified atom stereocenters. The van der Waals surface area contributed by atoms with Crippen molar-refractivity contribution in [2.75, 3.05) is 34.0 Å². The van der Waals surface area contributed by atoms with E-state index in [0.717, 1.165) is 0 Å². The van der Waals surface area contributed by atoms with Crippen LogP contribution in [0.3, 0.4) is 0 Å². The lowest BCUT2D eigenvalue weighted by Gasteiger charge is -2.23. The number of carbonyl (C=O) groups is 1. The minimum Gasteiger partial charge on any atom is -0.497 e. The molecule has 0 aromatic heterocycles. The Hall–Kier alpha value is -1.11. The van der Waals surface area contributed by atoms with Crippen molar-refractivity contribution in [2.24, 2.45) is 0 Å². The van der Waals surface area contributed by atoms with Crippen molar-refractivity contribution >= 4 is 21.7 Å². The van der Waals surface area contributed by atoms with Crippen LogP contribution in [0.2, 0.25) is 0 Å². The molecule has 0 radical (unpaired) electrons. The molecule has 0 amide bonds. The predicted molar refractivity (Wildman–Crippen MR) is 72.1 cm³/mol. The zero-order chi connectivity index (χ0) is 13.8. The highest BCUT2D eigenvalue weighted by molar-refractivity contribution is 9.10. The Morgan fingerprint density at radius 3 is 2.68 bits per heavy atom. The van der Waals surface area contributed by atoms with Gasteiger partial charge in [0.05, 0.1) is 39.6 Å². The zero-order valence-corrected chi connectivity index (χ0v) is 12.4. The van der Waals surface area contributed by atoms with Gasteiger partial charge in [-0.3, -0.25) is 4.79 Å². The number of carbonyl (C=O) groups excluding carboxylic acids is 1. The van der Waals surface area contributed by atoms with Gasteiger partial charge in [-0.15, -0.1) is 0 Å². The molecule has 0 aliphatic carbocycles. The molecule has 104 valence electrons. The fraction of sp³-hybridized carbons (Fsp3) is 0.462. The molecule has 0 spiro atoms. The largest absolute Gasteiger partial charge is 0.497 e. The van der Waals surface area contributed by atoms with E-state index < -0.39 is 6.10 Å². The average Bonchev–Trinajstić information content (AvgIpc) is 2.46. The van der Waals surface area contributed by atoms with E-state index >= 15 is 0 Å². The van der Waals surface area contributed by atoms with E-state index in [-0.39, 0.29) is 12.4 Å². The van der Waals surface area contributed by atoms with Gasteiger partial charge in [0, 0.05) is 10.5 Å². The van der Waals surface area contributed by atoms with E-state index in [1.165, 1.54) is 7.11 Å². The van der Waals surface area contributed by atoms with E-state index in [9.17, 15) is 4.79 Å². The third-order valence-electron chi connectivity index (χ3n) is 2.84. The van der Waals surface area contributed by atoms with E-state index in [4.69, 9.17) is 18.9 Å². The van der Waals surface area contributed by atoms with Gasteiger partial charge in [0.2, 0.25) is 0 Å². The molecule has 0 N–H and O–H groups in total. The molecule has 5 nitrogen and oxygen atoms in total. The Morgan fingerprint density at radius 1 is 1.32 bits per heavy atom. The summed E-state index contributed by atoms with van der Waals surface area (Å²) in [6.07, 6.45) is -0.590. The van der Waals surface area contributed by atoms with Crippen molar-refractivity contribution in [3.63, 3.8) is 0 Å². The summed E-state index contributed by atoms with van der Waals surface area (Å²) in [5.41, 5.74) is 0.443. The summed E-state index contributed by atoms with van der Waals surface area (Å²) in [4.78, 5) is 12.4. The monoisotopic (exact) mass is 330 g/mol. The standard InChI is InChI=1S/C13H15BrO5/c1-16-8-5-9(14)12(10(6-8)17-2)13(15)11-7-18-3-4-19-11/h5-6,11H,3-4,7H2,1-2H3. The molecule has 1 fully saturated rings. The van der Waals surface area contributed by atoms with E-state index in [1.807, 2.05) is 0 Å². The maximum absolute atomic E-state index is 12.4. The second-order valence-corrected chi connectivity index (χ2v) is 4.84. The lowest BCUT2D eigenvalue weighted by molar-refractivity contribution is -0.0719. The SMILES string of the molecule is COc1cc(Br)c(C(=O)C2COCCO2)c(OC)c1. The van der Waals surface area contributed by atoms with E-state index in [0.29, 0.717) is 34.7 Å². The molecule has 1 aromatic carbocycles. The van der Waals surface area contributed by atoms with Gasteiger partial charge in [-0.1, -0.05) is 0 Å². The third-order valence-corrected chi connectivity index (χ3v) is 3.46. The van der Waals surface area contributed by atoms with Crippen LogP contribution in [0, 0.1) is 0 Å². The van der Waals surface area contributed by atoms with Gasteiger partial charge in [0.15, 0.2) is 5.78 Å². The maximum atomic E-state index is 12.4. The van der Waals surface area contributed by atoms with Gasteiger partial charge in [0.25, 0.3) is 0 Å². The highest BCUT2D eigenvalue weighted by Crippen LogP contribution is 2.33. The Labute approximate surface area is 119 Å². The van der Waals surface area contributed by atoms with Gasteiger partial charge in [-0.05, 0) is 22.0 Å². The number of hydrogen-bond acceptors (Lipinski definition) is 5. The summed E-state index contributed by atoms with van der Waals surface area (Å²) in [6.45, 7) is 1.21. The van der Waals surface area contributed by atoms with Crippen molar-refractivity contribution in [3.8, 4) is 11.5 Å². The molecule has 6 heteroatoms. The van der Waals surface area contributed by atoms with Crippen LogP contribution in [0.1, 0.15) is 10.4 Å². The van der Waals surface area contributed by atoms with Crippen LogP contribution in [0.5, 0.6) is 11.5 Å². The van der Waals surface area contributed by atoms with Crippen LogP contribution in [-0.4, -0.2) is 45.9 Å². The molecule has 2 rings (SSSR count). The Kier molecular flexibility index (Phi) is 4.79. The highest BCUT2D eigenvalue weighted by atomic mass is 79.9. The van der Waals surface area contributed by atoms with Crippen LogP contribution in [-0.2, 0) is 9.47 Å². The summed E-state index contributed by atoms with van der Waals surface area (Å²) in [5, 5.41) is 0. The van der Waals surface area contributed by atoms with E-state index in [1.54, 1.807) is 19.2 Å². The first kappa shape index (κ1) is 14.3. The number of methoxy groups -OCH3 is 2. The fourth-order valence-electron chi connectivity index (χ4n) is 1.88. The topological polar surface area (TPSA) is 54.0 Å². The average molecular weight is 331 g/mol. The summed E-state index contributed by atoms with van der Waals surface area (Å²) in [6, 6.07) is 3.39. The molecule has 19 heavy (non-hydrogen) atoms. The van der Waals surface area contributed by atoms with Crippen molar-refractivity contribution < 1.29 is 23.7 Å². The van der Waals surface area contributed by atoms with Crippen LogP contribution in [0.25, 0.3) is 0 Å². The van der Waals surface area contributed by atoms with Crippen LogP contribution >= 0.6 is 15.9 Å². The van der Waals surface area contributed by atoms with Crippen LogP contribution < -0.4 is 9.47 Å². The summed E-state index contributed by atoms with van der Waals surface area (Å²) >= 11 is 3.37. The summed E-state index contributed by atoms with van der Waals surface area (Å²) in [7, 11) is 3.07. The molecule has 1 aromatic rings. The molecular weight excluding hydrogens is 316 g/mol. The lowest BCUT2D eigenvalue weighted by Crippen LogP contribution is -2.35. The second-order valence-electron chi connectivity index (χ2n) is 3.99. The fourth-order valence-corrected chi connectivity index (χ4v) is 2.49. The van der Waals surface area contributed by atoms with Crippen molar-refractivity contribution in [3.05, 3.63) is 22.2 Å². The smallest absolute Gasteiger partial charge is 0.198 e. The van der Waals surface area contributed by atoms with Gasteiger partial charge in [0.1, 0.15) is 17.6 Å². The zero-order valence-electron chi connectivity index (χ0n) is 10.8. The Bertz CT molecular complexity index is 468. The molecule has 0 saturated carbocycles. The quantitative estimate of drug-likeness (QED) is 0.791. The number of ketones is 1. The molecule has 1 saturated heterocycles. The van der Waals surface area contributed by atoms with Crippen LogP contribution in [0.15, 0.2) is 16.6 Å². The van der Waals surface area contributed by atoms with Gasteiger partial charge in [-0.2, -0.15) is 0 Å². The molecule has 0 bridgehead atoms. The minimum atomic E-state index is -0.590. The van der Waals surface area contributed by atoms with Crippen molar-refractivity contribution in [2.45, 2.75) is 6.10 Å². The normalized spacial score (nSPS) is 19.0. The first-order valence-electron chi connectivity index (χ1n) is 5.82. The molecule has 1 aliphatic rings. The maximum Gasteiger partial charge on any atom is 0.198 e. The van der Waals surface area contributed by atoms with Crippen molar-refractivity contribution in [1.29, 1.82) is 0 Å². The third kappa shape index (κ3) is 3.08. The second kappa shape index (κ2) is 6.36. The number of Topliss-reactive ketones (excluding diaryl/α,β-unsaturated/α-hetero) is 1.